The van der Waals surface area contributed by atoms with E-state index in [2.05, 4.69) is 21.9 Å². The van der Waals surface area contributed by atoms with Crippen LogP contribution < -0.4 is 16.6 Å². The van der Waals surface area contributed by atoms with Crippen LogP contribution in [0.3, 0.4) is 0 Å². The predicted molar refractivity (Wildman–Crippen MR) is 86.7 cm³/mol. The minimum Gasteiger partial charge on any atom is -0.383 e. The Morgan fingerprint density at radius 2 is 1.67 bits per heavy atom. The number of halogens is 2. The van der Waals surface area contributed by atoms with Crippen molar-refractivity contribution in [2.45, 2.75) is 31.8 Å². The Morgan fingerprint density at radius 1 is 1.08 bits per heavy atom. The zero-order chi connectivity index (χ0) is 17.4. The summed E-state index contributed by atoms with van der Waals surface area (Å²) in [7, 11) is 0. The van der Waals surface area contributed by atoms with Crippen LogP contribution in [-0.2, 0) is 0 Å². The molecule has 1 fully saturated rings. The van der Waals surface area contributed by atoms with E-state index < -0.39 is 11.6 Å². The fourth-order valence-corrected chi connectivity index (χ4v) is 3.23. The number of nitrogen functional groups attached to an aromatic ring is 1. The van der Waals surface area contributed by atoms with E-state index in [-0.39, 0.29) is 29.4 Å². The van der Waals surface area contributed by atoms with Gasteiger partial charge in [0.05, 0.1) is 11.3 Å². The molecule has 2 aromatic rings. The topological polar surface area (TPSA) is 86.8 Å². The lowest BCUT2D eigenvalue weighted by molar-refractivity contribution is 0.567. The van der Waals surface area contributed by atoms with Crippen LogP contribution in [0.25, 0.3) is 11.3 Å². The zero-order valence-electron chi connectivity index (χ0n) is 13.3. The van der Waals surface area contributed by atoms with E-state index in [1.807, 2.05) is 13.8 Å². The molecule has 0 spiro atoms. The molecular weight excluding hydrogens is 312 g/mol. The summed E-state index contributed by atoms with van der Waals surface area (Å²) in [6, 6.07) is 7.09. The first-order chi connectivity index (χ1) is 11.4. The van der Waals surface area contributed by atoms with Crippen molar-refractivity contribution in [2.24, 2.45) is 0 Å². The van der Waals surface area contributed by atoms with Gasteiger partial charge in [0.25, 0.3) is 0 Å². The molecule has 1 aromatic heterocycles. The number of hydrogen-bond acceptors (Lipinski definition) is 5. The minimum atomic E-state index is -0.692. The van der Waals surface area contributed by atoms with Crippen LogP contribution >= 0.6 is 0 Å². The molecular formula is C17H17F2N5. The zero-order valence-corrected chi connectivity index (χ0v) is 13.3. The average Bonchev–Trinajstić information content (AvgIpc) is 2.84. The van der Waals surface area contributed by atoms with Gasteiger partial charge in [-0.3, -0.25) is 10.9 Å². The van der Waals surface area contributed by atoms with Crippen LogP contribution in [0.5, 0.6) is 0 Å². The van der Waals surface area contributed by atoms with Gasteiger partial charge < -0.3 is 5.73 Å². The van der Waals surface area contributed by atoms with Crippen LogP contribution in [0.4, 0.5) is 14.6 Å². The highest BCUT2D eigenvalue weighted by molar-refractivity contribution is 5.67. The second-order valence-electron chi connectivity index (χ2n) is 6.02. The number of aromatic nitrogens is 1. The van der Waals surface area contributed by atoms with Gasteiger partial charge >= 0.3 is 0 Å². The van der Waals surface area contributed by atoms with Gasteiger partial charge in [-0.15, -0.1) is 0 Å². The summed E-state index contributed by atoms with van der Waals surface area (Å²) >= 11 is 0. The molecule has 24 heavy (non-hydrogen) atoms. The molecule has 1 aliphatic heterocycles. The summed E-state index contributed by atoms with van der Waals surface area (Å²) < 4.78 is 27.0. The Balaban J connectivity index is 2.18. The maximum absolute atomic E-state index is 13.5. The summed E-state index contributed by atoms with van der Waals surface area (Å²) in [6.45, 7) is 3.97. The van der Waals surface area contributed by atoms with Gasteiger partial charge in [0, 0.05) is 29.6 Å². The molecule has 4 N–H and O–H groups in total. The first-order valence-electron chi connectivity index (χ1n) is 7.58. The van der Waals surface area contributed by atoms with Crippen molar-refractivity contribution in [1.29, 1.82) is 5.26 Å². The number of nitrogens with zero attached hydrogens (tertiary/aromatic N) is 2. The number of hydrazine groups is 1. The lowest BCUT2D eigenvalue weighted by atomic mass is 9.85. The summed E-state index contributed by atoms with van der Waals surface area (Å²) in [6.07, 6.45) is 0. The van der Waals surface area contributed by atoms with E-state index in [9.17, 15) is 14.0 Å². The molecule has 2 heterocycles. The summed E-state index contributed by atoms with van der Waals surface area (Å²) in [4.78, 5) is 4.16. The maximum Gasteiger partial charge on any atom is 0.142 e. The standard InChI is InChI=1S/C17H17F2N5/c1-8-16(9(2)24-23-8)13-6-15(22-17(21)14(13)7-20)10-3-11(18)5-12(19)4-10/h3-6,8-9,16,23-24H,1-2H3,(H2,21,22). The number of nitriles is 1. The van der Waals surface area contributed by atoms with Crippen LogP contribution in [-0.4, -0.2) is 17.1 Å². The van der Waals surface area contributed by atoms with E-state index in [0.29, 0.717) is 16.8 Å². The van der Waals surface area contributed by atoms with E-state index in [4.69, 9.17) is 5.73 Å². The van der Waals surface area contributed by atoms with Crippen molar-refractivity contribution >= 4 is 5.82 Å². The molecule has 0 saturated carbocycles. The Kier molecular flexibility index (Phi) is 4.18. The fraction of sp³-hybridized carbons (Fsp3) is 0.294. The maximum atomic E-state index is 13.5. The molecule has 0 bridgehead atoms. The molecule has 1 saturated heterocycles. The Hall–Kier alpha value is -2.56. The highest BCUT2D eigenvalue weighted by Gasteiger charge is 2.34. The molecule has 1 aliphatic rings. The van der Waals surface area contributed by atoms with Gasteiger partial charge in [-0.1, -0.05) is 0 Å². The second-order valence-corrected chi connectivity index (χ2v) is 6.02. The smallest absolute Gasteiger partial charge is 0.142 e. The number of pyridine rings is 1. The van der Waals surface area contributed by atoms with Crippen LogP contribution in [0.1, 0.15) is 30.9 Å². The summed E-state index contributed by atoms with van der Waals surface area (Å²) in [5.74, 6) is -1.35. The van der Waals surface area contributed by atoms with Gasteiger partial charge in [-0.25, -0.2) is 13.8 Å². The van der Waals surface area contributed by atoms with Crippen molar-refractivity contribution in [3.8, 4) is 17.3 Å². The number of rotatable bonds is 2. The molecule has 3 rings (SSSR count). The van der Waals surface area contributed by atoms with Gasteiger partial charge in [-0.05, 0) is 37.6 Å². The highest BCUT2D eigenvalue weighted by Crippen LogP contribution is 2.34. The van der Waals surface area contributed by atoms with Gasteiger partial charge in [0.2, 0.25) is 0 Å². The number of nitrogens with one attached hydrogen (secondary N) is 2. The van der Waals surface area contributed by atoms with Gasteiger partial charge in [-0.2, -0.15) is 5.26 Å². The fourth-order valence-electron chi connectivity index (χ4n) is 3.23. The molecule has 124 valence electrons. The minimum absolute atomic E-state index is 0.0258. The van der Waals surface area contributed by atoms with Crippen molar-refractivity contribution in [3.63, 3.8) is 0 Å². The monoisotopic (exact) mass is 329 g/mol. The molecule has 0 aliphatic carbocycles. The predicted octanol–water partition coefficient (Wildman–Crippen LogP) is 2.45. The first-order valence-corrected chi connectivity index (χ1v) is 7.58. The third-order valence-corrected chi connectivity index (χ3v) is 4.32. The average molecular weight is 329 g/mol. The van der Waals surface area contributed by atoms with Crippen molar-refractivity contribution in [1.82, 2.24) is 15.8 Å². The first kappa shape index (κ1) is 16.3. The molecule has 5 nitrogen and oxygen atoms in total. The molecule has 0 amide bonds. The third kappa shape index (κ3) is 2.82. The lowest BCUT2D eigenvalue weighted by Gasteiger charge is -2.21. The van der Waals surface area contributed by atoms with Crippen molar-refractivity contribution < 1.29 is 8.78 Å². The quantitative estimate of drug-likeness (QED) is 0.788. The highest BCUT2D eigenvalue weighted by atomic mass is 19.1. The number of nitrogens with two attached hydrogens (primary N) is 1. The molecule has 7 heteroatoms. The number of hydrogen-bond donors (Lipinski definition) is 3. The van der Waals surface area contributed by atoms with Crippen molar-refractivity contribution in [3.05, 3.63) is 47.0 Å². The van der Waals surface area contributed by atoms with E-state index >= 15 is 0 Å². The van der Waals surface area contributed by atoms with Gasteiger partial charge in [0.15, 0.2) is 0 Å². The molecule has 2 unspecified atom stereocenters. The molecule has 1 aromatic carbocycles. The SMILES string of the molecule is CC1NNC(C)C1c1cc(-c2cc(F)cc(F)c2)nc(N)c1C#N. The van der Waals surface area contributed by atoms with Crippen LogP contribution in [0, 0.1) is 23.0 Å². The second kappa shape index (κ2) is 6.15. The number of anilines is 1. The largest absolute Gasteiger partial charge is 0.383 e. The van der Waals surface area contributed by atoms with Gasteiger partial charge in [0.1, 0.15) is 23.5 Å². The normalized spacial score (nSPS) is 23.2. The molecule has 0 radical (unpaired) electrons. The Labute approximate surface area is 138 Å². The van der Waals surface area contributed by atoms with Crippen molar-refractivity contribution in [2.75, 3.05) is 5.73 Å². The Morgan fingerprint density at radius 3 is 2.21 bits per heavy atom. The summed E-state index contributed by atoms with van der Waals surface area (Å²) in [5, 5.41) is 9.45. The van der Waals surface area contributed by atoms with Crippen LogP contribution in [0.2, 0.25) is 0 Å². The van der Waals surface area contributed by atoms with E-state index in [1.165, 1.54) is 12.1 Å². The third-order valence-electron chi connectivity index (χ3n) is 4.32. The number of benzene rings is 1. The summed E-state index contributed by atoms with van der Waals surface area (Å²) in [5.41, 5.74) is 13.8. The lowest BCUT2D eigenvalue weighted by Crippen LogP contribution is -2.30. The van der Waals surface area contributed by atoms with Crippen LogP contribution in [0.15, 0.2) is 24.3 Å². The van der Waals surface area contributed by atoms with E-state index in [1.54, 1.807) is 6.07 Å². The Bertz CT molecular complexity index is 800. The molecule has 2 atom stereocenters. The van der Waals surface area contributed by atoms with E-state index in [0.717, 1.165) is 6.07 Å².